The number of halogens is 1. The molecule has 0 aliphatic carbocycles. The number of sulfonamides is 1. The number of rotatable bonds is 7. The van der Waals surface area contributed by atoms with E-state index in [1.54, 1.807) is 12.1 Å². The van der Waals surface area contributed by atoms with Gasteiger partial charge in [-0.25, -0.2) is 21.9 Å². The maximum Gasteiger partial charge on any atom is 0.341 e. The van der Waals surface area contributed by atoms with Crippen molar-refractivity contribution >= 4 is 21.8 Å². The van der Waals surface area contributed by atoms with Gasteiger partial charge in [-0.1, -0.05) is 0 Å². The minimum Gasteiger partial charge on any atom is -0.497 e. The molecular weight excluding hydrogens is 389 g/mol. The number of carbonyl (C=O) groups excluding carboxylic acids is 2. The third-order valence-electron chi connectivity index (χ3n) is 3.96. The molecule has 9 heteroatoms. The first kappa shape index (κ1) is 21.5. The standard InChI is InChI=1S/C19H20FNO6S/c1-12(18(22)13-5-7-14(26-4)8-6-13)27-19(23)16-11-15(9-10-17(16)20)28(24,25)21(2)3/h5-12H,1-4H3/t12-/m0/s1. The van der Waals surface area contributed by atoms with Crippen molar-refractivity contribution in [1.29, 1.82) is 0 Å². The molecule has 0 spiro atoms. The fourth-order valence-electron chi connectivity index (χ4n) is 2.30. The molecular formula is C19H20FNO6S. The van der Waals surface area contributed by atoms with Crippen molar-refractivity contribution in [3.8, 4) is 5.75 Å². The molecule has 0 radical (unpaired) electrons. The summed E-state index contributed by atoms with van der Waals surface area (Å²) < 4.78 is 49.4. The van der Waals surface area contributed by atoms with E-state index in [-0.39, 0.29) is 10.5 Å². The molecule has 0 bridgehead atoms. The SMILES string of the molecule is COc1ccc(C(=O)[C@H](C)OC(=O)c2cc(S(=O)(=O)N(C)C)ccc2F)cc1. The van der Waals surface area contributed by atoms with Crippen LogP contribution in [0.1, 0.15) is 27.6 Å². The molecule has 7 nitrogen and oxygen atoms in total. The first-order valence-electron chi connectivity index (χ1n) is 8.19. The second-order valence-corrected chi connectivity index (χ2v) is 8.22. The van der Waals surface area contributed by atoms with Crippen molar-refractivity contribution in [1.82, 2.24) is 4.31 Å². The molecule has 2 aromatic rings. The molecule has 0 amide bonds. The Bertz CT molecular complexity index is 986. The van der Waals surface area contributed by atoms with Crippen LogP contribution >= 0.6 is 0 Å². The van der Waals surface area contributed by atoms with Crippen molar-refractivity contribution in [2.45, 2.75) is 17.9 Å². The highest BCUT2D eigenvalue weighted by atomic mass is 32.2. The van der Waals surface area contributed by atoms with Crippen LogP contribution in [0.25, 0.3) is 0 Å². The van der Waals surface area contributed by atoms with Crippen molar-refractivity contribution in [3.05, 3.63) is 59.4 Å². The molecule has 0 aliphatic rings. The zero-order chi connectivity index (χ0) is 21.1. The molecule has 2 rings (SSSR count). The van der Waals surface area contributed by atoms with Gasteiger partial charge in [0.05, 0.1) is 17.6 Å². The van der Waals surface area contributed by atoms with E-state index in [2.05, 4.69) is 0 Å². The monoisotopic (exact) mass is 409 g/mol. The highest BCUT2D eigenvalue weighted by Gasteiger charge is 2.25. The average molecular weight is 409 g/mol. The summed E-state index contributed by atoms with van der Waals surface area (Å²) in [5.41, 5.74) is -0.289. The summed E-state index contributed by atoms with van der Waals surface area (Å²) >= 11 is 0. The van der Waals surface area contributed by atoms with Crippen LogP contribution < -0.4 is 4.74 Å². The highest BCUT2D eigenvalue weighted by molar-refractivity contribution is 7.89. The van der Waals surface area contributed by atoms with Gasteiger partial charge in [-0.15, -0.1) is 0 Å². The van der Waals surface area contributed by atoms with Crippen molar-refractivity contribution < 1.29 is 31.9 Å². The highest BCUT2D eigenvalue weighted by Crippen LogP contribution is 2.20. The van der Waals surface area contributed by atoms with Gasteiger partial charge in [0.15, 0.2) is 6.10 Å². The van der Waals surface area contributed by atoms with Crippen LogP contribution in [0.2, 0.25) is 0 Å². The van der Waals surface area contributed by atoms with E-state index in [9.17, 15) is 22.4 Å². The van der Waals surface area contributed by atoms with Crippen molar-refractivity contribution in [2.75, 3.05) is 21.2 Å². The van der Waals surface area contributed by atoms with Crippen LogP contribution in [0.3, 0.4) is 0 Å². The minimum atomic E-state index is -3.86. The molecule has 1 atom stereocenters. The summed E-state index contributed by atoms with van der Waals surface area (Å²) in [6.07, 6.45) is -1.20. The lowest BCUT2D eigenvalue weighted by molar-refractivity contribution is 0.0314. The third kappa shape index (κ3) is 4.55. The van der Waals surface area contributed by atoms with Crippen LogP contribution in [-0.2, 0) is 14.8 Å². The van der Waals surface area contributed by atoms with Gasteiger partial charge in [-0.3, -0.25) is 4.79 Å². The molecule has 0 saturated carbocycles. The Morgan fingerprint density at radius 2 is 1.68 bits per heavy atom. The van der Waals surface area contributed by atoms with Gasteiger partial charge in [-0.05, 0) is 49.4 Å². The number of ether oxygens (including phenoxy) is 2. The Labute approximate surface area is 162 Å². The van der Waals surface area contributed by atoms with E-state index >= 15 is 0 Å². The number of methoxy groups -OCH3 is 1. The summed E-state index contributed by atoms with van der Waals surface area (Å²) in [6, 6.07) is 8.98. The second-order valence-electron chi connectivity index (χ2n) is 6.07. The first-order valence-corrected chi connectivity index (χ1v) is 9.63. The first-order chi connectivity index (χ1) is 13.1. The minimum absolute atomic E-state index is 0.264. The van der Waals surface area contributed by atoms with Crippen LogP contribution in [0.15, 0.2) is 47.4 Å². The molecule has 28 heavy (non-hydrogen) atoms. The maximum absolute atomic E-state index is 14.1. The lowest BCUT2D eigenvalue weighted by Gasteiger charge is -2.15. The van der Waals surface area contributed by atoms with Gasteiger partial charge >= 0.3 is 5.97 Å². The number of nitrogens with zero attached hydrogens (tertiary/aromatic N) is 1. The normalized spacial score (nSPS) is 12.5. The van der Waals surface area contributed by atoms with E-state index in [4.69, 9.17) is 9.47 Å². The number of Topliss-reactive ketones (excluding diaryl/α,β-unsaturated/α-hetero) is 1. The molecule has 0 fully saturated rings. The largest absolute Gasteiger partial charge is 0.497 e. The van der Waals surface area contributed by atoms with Crippen LogP contribution in [0.4, 0.5) is 4.39 Å². The second kappa shape index (κ2) is 8.49. The van der Waals surface area contributed by atoms with E-state index in [1.165, 1.54) is 40.3 Å². The predicted octanol–water partition coefficient (Wildman–Crippen LogP) is 2.51. The van der Waals surface area contributed by atoms with Crippen molar-refractivity contribution in [3.63, 3.8) is 0 Å². The fourth-order valence-corrected chi connectivity index (χ4v) is 3.23. The number of hydrogen-bond acceptors (Lipinski definition) is 6. The Morgan fingerprint density at radius 1 is 1.07 bits per heavy atom. The lowest BCUT2D eigenvalue weighted by atomic mass is 10.1. The van der Waals surface area contributed by atoms with Crippen LogP contribution in [0.5, 0.6) is 5.75 Å². The van der Waals surface area contributed by atoms with Crippen LogP contribution in [-0.4, -0.2) is 51.8 Å². The molecule has 0 unspecified atom stereocenters. The summed E-state index contributed by atoms with van der Waals surface area (Å²) in [7, 11) is 0.246. The molecule has 2 aromatic carbocycles. The Hall–Kier alpha value is -2.78. The number of ketones is 1. The predicted molar refractivity (Wildman–Crippen MR) is 99.5 cm³/mol. The lowest BCUT2D eigenvalue weighted by Crippen LogP contribution is -2.26. The van der Waals surface area contributed by atoms with Gasteiger partial charge in [-0.2, -0.15) is 0 Å². The third-order valence-corrected chi connectivity index (χ3v) is 5.77. The molecule has 0 saturated heterocycles. The van der Waals surface area contributed by atoms with Gasteiger partial charge in [0.25, 0.3) is 0 Å². The topological polar surface area (TPSA) is 90.0 Å². The number of hydrogen-bond donors (Lipinski definition) is 0. The van der Waals surface area contributed by atoms with E-state index in [1.807, 2.05) is 0 Å². The van der Waals surface area contributed by atoms with Gasteiger partial charge in [0.1, 0.15) is 11.6 Å². The summed E-state index contributed by atoms with van der Waals surface area (Å²) in [5, 5.41) is 0. The summed E-state index contributed by atoms with van der Waals surface area (Å²) in [5.74, 6) is -2.02. The van der Waals surface area contributed by atoms with E-state index in [0.717, 1.165) is 22.5 Å². The fraction of sp³-hybridized carbons (Fsp3) is 0.263. The van der Waals surface area contributed by atoms with Crippen LogP contribution in [0, 0.1) is 5.82 Å². The number of esters is 1. The zero-order valence-electron chi connectivity index (χ0n) is 15.8. The van der Waals surface area contributed by atoms with Gasteiger partial charge in [0, 0.05) is 19.7 Å². The Kier molecular flexibility index (Phi) is 6.52. The molecule has 0 N–H and O–H groups in total. The molecule has 150 valence electrons. The maximum atomic E-state index is 14.1. The number of benzene rings is 2. The van der Waals surface area contributed by atoms with Gasteiger partial charge < -0.3 is 9.47 Å². The number of carbonyl (C=O) groups is 2. The molecule has 0 aliphatic heterocycles. The summed E-state index contributed by atoms with van der Waals surface area (Å²) in [6.45, 7) is 1.35. The van der Waals surface area contributed by atoms with Crippen molar-refractivity contribution in [2.24, 2.45) is 0 Å². The smallest absolute Gasteiger partial charge is 0.341 e. The molecule has 0 aromatic heterocycles. The Balaban J connectivity index is 2.22. The van der Waals surface area contributed by atoms with E-state index < -0.39 is 39.3 Å². The zero-order valence-corrected chi connectivity index (χ0v) is 16.6. The Morgan fingerprint density at radius 3 is 2.21 bits per heavy atom. The quantitative estimate of drug-likeness (QED) is 0.516. The average Bonchev–Trinajstić information content (AvgIpc) is 2.67. The summed E-state index contributed by atoms with van der Waals surface area (Å²) in [4.78, 5) is 24.5. The van der Waals surface area contributed by atoms with Gasteiger partial charge in [0.2, 0.25) is 15.8 Å². The molecule has 0 heterocycles. The van der Waals surface area contributed by atoms with E-state index in [0.29, 0.717) is 5.75 Å².